The molecule has 0 spiro atoms. The highest BCUT2D eigenvalue weighted by Gasteiger charge is 2.18. The summed E-state index contributed by atoms with van der Waals surface area (Å²) in [5, 5.41) is 0. The number of para-hydroxylation sites is 1. The van der Waals surface area contributed by atoms with Crippen LogP contribution in [0.5, 0.6) is 0 Å². The molecule has 2 N–H and O–H groups in total. The molecule has 0 aliphatic carbocycles. The standard InChI is InChI=1S/C13H12FN3O/c1-17(12-5-3-2-4-10(12)14)13(18)9-8-16-7-6-11(9)15/h2-8H,1H3,(H2,15,16). The van der Waals surface area contributed by atoms with Crippen LogP contribution in [0.4, 0.5) is 15.8 Å². The van der Waals surface area contributed by atoms with Gasteiger partial charge in [0.1, 0.15) is 5.82 Å². The molecule has 4 nitrogen and oxygen atoms in total. The number of hydrogen-bond donors (Lipinski definition) is 1. The molecule has 0 aliphatic rings. The van der Waals surface area contributed by atoms with Crippen molar-refractivity contribution in [2.45, 2.75) is 0 Å². The summed E-state index contributed by atoms with van der Waals surface area (Å²) in [6.07, 6.45) is 2.87. The van der Waals surface area contributed by atoms with Crippen LogP contribution in [0.2, 0.25) is 0 Å². The first kappa shape index (κ1) is 12.0. The summed E-state index contributed by atoms with van der Waals surface area (Å²) in [7, 11) is 1.49. The molecule has 0 saturated carbocycles. The van der Waals surface area contributed by atoms with E-state index in [0.29, 0.717) is 5.69 Å². The van der Waals surface area contributed by atoms with Crippen molar-refractivity contribution < 1.29 is 9.18 Å². The second-order valence-corrected chi connectivity index (χ2v) is 3.78. The van der Waals surface area contributed by atoms with Crippen LogP contribution >= 0.6 is 0 Å². The van der Waals surface area contributed by atoms with E-state index in [-0.39, 0.29) is 11.3 Å². The van der Waals surface area contributed by atoms with E-state index in [1.807, 2.05) is 0 Å². The molecule has 0 saturated heterocycles. The van der Waals surface area contributed by atoms with Crippen LogP contribution in [0.1, 0.15) is 10.4 Å². The van der Waals surface area contributed by atoms with Gasteiger partial charge in [0.15, 0.2) is 0 Å². The maximum absolute atomic E-state index is 13.6. The molecule has 0 bridgehead atoms. The largest absolute Gasteiger partial charge is 0.398 e. The topological polar surface area (TPSA) is 59.2 Å². The highest BCUT2D eigenvalue weighted by molar-refractivity contribution is 6.08. The third-order valence-electron chi connectivity index (χ3n) is 2.60. The number of carbonyl (C=O) groups is 1. The SMILES string of the molecule is CN(C(=O)c1cnccc1N)c1ccccc1F. The van der Waals surface area contributed by atoms with Crippen molar-refractivity contribution in [1.29, 1.82) is 0 Å². The van der Waals surface area contributed by atoms with Crippen LogP contribution in [-0.2, 0) is 0 Å². The molecule has 1 amide bonds. The zero-order chi connectivity index (χ0) is 13.1. The summed E-state index contributed by atoms with van der Waals surface area (Å²) in [6, 6.07) is 7.58. The molecule has 0 unspecified atom stereocenters. The summed E-state index contributed by atoms with van der Waals surface area (Å²) in [4.78, 5) is 17.2. The molecular formula is C13H12FN3O. The van der Waals surface area contributed by atoms with Crippen molar-refractivity contribution in [2.24, 2.45) is 0 Å². The van der Waals surface area contributed by atoms with Gasteiger partial charge in [0, 0.05) is 25.1 Å². The monoisotopic (exact) mass is 245 g/mol. The normalized spacial score (nSPS) is 10.1. The van der Waals surface area contributed by atoms with E-state index in [1.54, 1.807) is 12.1 Å². The molecule has 0 radical (unpaired) electrons. The summed E-state index contributed by atoms with van der Waals surface area (Å²) in [5.74, 6) is -0.860. The number of nitrogens with zero attached hydrogens (tertiary/aromatic N) is 2. The Morgan fingerprint density at radius 1 is 1.33 bits per heavy atom. The summed E-state index contributed by atoms with van der Waals surface area (Å²) < 4.78 is 13.6. The molecule has 2 rings (SSSR count). The van der Waals surface area contributed by atoms with Gasteiger partial charge in [-0.25, -0.2) is 4.39 Å². The van der Waals surface area contributed by atoms with Gasteiger partial charge in [-0.1, -0.05) is 12.1 Å². The van der Waals surface area contributed by atoms with Crippen LogP contribution in [-0.4, -0.2) is 17.9 Å². The Balaban J connectivity index is 2.36. The van der Waals surface area contributed by atoms with Crippen LogP contribution in [0.25, 0.3) is 0 Å². The number of hydrogen-bond acceptors (Lipinski definition) is 3. The number of amides is 1. The lowest BCUT2D eigenvalue weighted by atomic mass is 10.2. The van der Waals surface area contributed by atoms with Crippen molar-refractivity contribution in [3.05, 3.63) is 54.1 Å². The van der Waals surface area contributed by atoms with E-state index >= 15 is 0 Å². The third-order valence-corrected chi connectivity index (χ3v) is 2.60. The van der Waals surface area contributed by atoms with E-state index in [1.165, 1.54) is 42.5 Å². The van der Waals surface area contributed by atoms with Gasteiger partial charge in [-0.2, -0.15) is 0 Å². The highest BCUT2D eigenvalue weighted by atomic mass is 19.1. The fourth-order valence-corrected chi connectivity index (χ4v) is 1.60. The minimum atomic E-state index is -0.462. The number of nitrogen functional groups attached to an aromatic ring is 1. The van der Waals surface area contributed by atoms with Crippen LogP contribution < -0.4 is 10.6 Å². The van der Waals surface area contributed by atoms with E-state index < -0.39 is 11.7 Å². The number of pyridine rings is 1. The number of aromatic nitrogens is 1. The molecule has 1 aromatic carbocycles. The number of anilines is 2. The van der Waals surface area contributed by atoms with Crippen molar-refractivity contribution in [3.63, 3.8) is 0 Å². The molecular weight excluding hydrogens is 233 g/mol. The number of nitrogens with two attached hydrogens (primary N) is 1. The Morgan fingerprint density at radius 3 is 2.72 bits per heavy atom. The predicted octanol–water partition coefficient (Wildman–Crippen LogP) is 2.08. The van der Waals surface area contributed by atoms with Gasteiger partial charge in [-0.15, -0.1) is 0 Å². The van der Waals surface area contributed by atoms with Gasteiger partial charge in [0.05, 0.1) is 11.3 Å². The maximum Gasteiger partial charge on any atom is 0.261 e. The van der Waals surface area contributed by atoms with Gasteiger partial charge in [0.25, 0.3) is 5.91 Å². The van der Waals surface area contributed by atoms with Gasteiger partial charge < -0.3 is 10.6 Å². The Hall–Kier alpha value is -2.43. The highest BCUT2D eigenvalue weighted by Crippen LogP contribution is 2.20. The van der Waals surface area contributed by atoms with Gasteiger partial charge in [-0.05, 0) is 18.2 Å². The molecule has 0 fully saturated rings. The first-order chi connectivity index (χ1) is 8.61. The third kappa shape index (κ3) is 2.15. The average molecular weight is 245 g/mol. The lowest BCUT2D eigenvalue weighted by molar-refractivity contribution is 0.0992. The second-order valence-electron chi connectivity index (χ2n) is 3.78. The van der Waals surface area contributed by atoms with Crippen molar-refractivity contribution in [3.8, 4) is 0 Å². The first-order valence-corrected chi connectivity index (χ1v) is 5.33. The predicted molar refractivity (Wildman–Crippen MR) is 67.8 cm³/mol. The molecule has 18 heavy (non-hydrogen) atoms. The van der Waals surface area contributed by atoms with Crippen LogP contribution in [0.15, 0.2) is 42.7 Å². The lowest BCUT2D eigenvalue weighted by Gasteiger charge is -2.18. The number of carbonyl (C=O) groups excluding carboxylic acids is 1. The van der Waals surface area contributed by atoms with E-state index in [2.05, 4.69) is 4.98 Å². The lowest BCUT2D eigenvalue weighted by Crippen LogP contribution is -2.28. The average Bonchev–Trinajstić information content (AvgIpc) is 2.38. The van der Waals surface area contributed by atoms with Crippen molar-refractivity contribution >= 4 is 17.3 Å². The van der Waals surface area contributed by atoms with Gasteiger partial charge >= 0.3 is 0 Å². The van der Waals surface area contributed by atoms with E-state index in [9.17, 15) is 9.18 Å². The smallest absolute Gasteiger partial charge is 0.261 e. The molecule has 0 aliphatic heterocycles. The maximum atomic E-state index is 13.6. The fraction of sp³-hybridized carbons (Fsp3) is 0.0769. The molecule has 5 heteroatoms. The quantitative estimate of drug-likeness (QED) is 0.881. The van der Waals surface area contributed by atoms with E-state index in [0.717, 1.165) is 0 Å². The number of rotatable bonds is 2. The Labute approximate surface area is 104 Å². The fourth-order valence-electron chi connectivity index (χ4n) is 1.60. The van der Waals surface area contributed by atoms with Gasteiger partial charge in [-0.3, -0.25) is 9.78 Å². The second kappa shape index (κ2) is 4.83. The van der Waals surface area contributed by atoms with Gasteiger partial charge in [0.2, 0.25) is 0 Å². The van der Waals surface area contributed by atoms with Crippen LogP contribution in [0.3, 0.4) is 0 Å². The van der Waals surface area contributed by atoms with Crippen LogP contribution in [0, 0.1) is 5.82 Å². The number of halogens is 1. The zero-order valence-corrected chi connectivity index (χ0v) is 9.80. The zero-order valence-electron chi connectivity index (χ0n) is 9.80. The minimum Gasteiger partial charge on any atom is -0.398 e. The minimum absolute atomic E-state index is 0.200. The first-order valence-electron chi connectivity index (χ1n) is 5.33. The number of benzene rings is 1. The molecule has 1 aromatic heterocycles. The van der Waals surface area contributed by atoms with Crippen molar-refractivity contribution in [2.75, 3.05) is 17.7 Å². The summed E-state index contributed by atoms with van der Waals surface area (Å²) in [6.45, 7) is 0. The molecule has 2 aromatic rings. The summed E-state index contributed by atoms with van der Waals surface area (Å²) >= 11 is 0. The Morgan fingerprint density at radius 2 is 2.06 bits per heavy atom. The Bertz CT molecular complexity index is 586. The molecule has 0 atom stereocenters. The molecule has 92 valence electrons. The Kier molecular flexibility index (Phi) is 3.23. The van der Waals surface area contributed by atoms with Crippen molar-refractivity contribution in [1.82, 2.24) is 4.98 Å². The molecule has 1 heterocycles. The summed E-state index contributed by atoms with van der Waals surface area (Å²) in [5.41, 5.74) is 6.46. The van der Waals surface area contributed by atoms with E-state index in [4.69, 9.17) is 5.73 Å².